The van der Waals surface area contributed by atoms with Crippen LogP contribution in [0.5, 0.6) is 0 Å². The maximum atomic E-state index is 4.80. The molecule has 2 saturated carbocycles. The second-order valence-electron chi connectivity index (χ2n) is 6.38. The van der Waals surface area contributed by atoms with Crippen molar-refractivity contribution >= 4 is 23.4 Å². The van der Waals surface area contributed by atoms with Gasteiger partial charge < -0.3 is 10.6 Å². The molecule has 0 radical (unpaired) electrons. The third-order valence-corrected chi connectivity index (χ3v) is 6.29. The molecular weight excluding hydrogens is 280 g/mol. The standard InChI is InChI=1S/C16H26N4S/c1-11-13(17-2)19-15(12-6-7-12)20-14(11)18-10-16(21-3)8-4-5-9-16/h12H,4-10H2,1-3H3,(H2,17,18,19,20). The first-order valence-corrected chi connectivity index (χ1v) is 9.25. The lowest BCUT2D eigenvalue weighted by atomic mass is 10.1. The second kappa shape index (κ2) is 6.03. The van der Waals surface area contributed by atoms with Crippen molar-refractivity contribution in [3.63, 3.8) is 0 Å². The zero-order chi connectivity index (χ0) is 14.9. The van der Waals surface area contributed by atoms with Gasteiger partial charge in [-0.15, -0.1) is 0 Å². The molecule has 0 unspecified atom stereocenters. The van der Waals surface area contributed by atoms with Crippen LogP contribution < -0.4 is 10.6 Å². The van der Waals surface area contributed by atoms with Crippen molar-refractivity contribution in [2.75, 3.05) is 30.5 Å². The fourth-order valence-electron chi connectivity index (χ4n) is 3.19. The maximum absolute atomic E-state index is 4.80. The van der Waals surface area contributed by atoms with E-state index >= 15 is 0 Å². The molecule has 2 aliphatic rings. The van der Waals surface area contributed by atoms with Crippen LogP contribution in [0.4, 0.5) is 11.6 Å². The van der Waals surface area contributed by atoms with Crippen molar-refractivity contribution in [1.82, 2.24) is 9.97 Å². The second-order valence-corrected chi connectivity index (χ2v) is 7.65. The average molecular weight is 306 g/mol. The Bertz CT molecular complexity index is 507. The third-order valence-electron chi connectivity index (χ3n) is 4.87. The van der Waals surface area contributed by atoms with Gasteiger partial charge in [-0.2, -0.15) is 11.8 Å². The minimum absolute atomic E-state index is 0.400. The number of hydrogen-bond donors (Lipinski definition) is 2. The summed E-state index contributed by atoms with van der Waals surface area (Å²) in [5.41, 5.74) is 1.14. The summed E-state index contributed by atoms with van der Waals surface area (Å²) in [6, 6.07) is 0. The number of thioether (sulfide) groups is 1. The molecule has 0 spiro atoms. The van der Waals surface area contributed by atoms with E-state index in [1.807, 2.05) is 18.8 Å². The van der Waals surface area contributed by atoms with Gasteiger partial charge in [0, 0.05) is 29.8 Å². The van der Waals surface area contributed by atoms with Crippen LogP contribution in [0.2, 0.25) is 0 Å². The van der Waals surface area contributed by atoms with Crippen LogP contribution in [0, 0.1) is 6.92 Å². The highest BCUT2D eigenvalue weighted by atomic mass is 32.2. The van der Waals surface area contributed by atoms with Gasteiger partial charge in [0.15, 0.2) is 0 Å². The molecule has 1 aromatic rings. The van der Waals surface area contributed by atoms with Crippen molar-refractivity contribution in [3.05, 3.63) is 11.4 Å². The summed E-state index contributed by atoms with van der Waals surface area (Å²) in [6.07, 6.45) is 10.1. The molecule has 5 heteroatoms. The van der Waals surface area contributed by atoms with Gasteiger partial charge in [-0.05, 0) is 38.9 Å². The minimum atomic E-state index is 0.400. The fourth-order valence-corrected chi connectivity index (χ4v) is 4.10. The van der Waals surface area contributed by atoms with E-state index in [0.29, 0.717) is 10.7 Å². The molecule has 4 nitrogen and oxygen atoms in total. The van der Waals surface area contributed by atoms with Crippen LogP contribution in [-0.2, 0) is 0 Å². The van der Waals surface area contributed by atoms with Crippen molar-refractivity contribution in [2.45, 2.75) is 56.1 Å². The van der Waals surface area contributed by atoms with Crippen LogP contribution in [-0.4, -0.2) is 34.6 Å². The molecule has 0 aliphatic heterocycles. The largest absolute Gasteiger partial charge is 0.373 e. The molecule has 116 valence electrons. The highest BCUT2D eigenvalue weighted by molar-refractivity contribution is 8.00. The molecule has 2 fully saturated rings. The summed E-state index contributed by atoms with van der Waals surface area (Å²) < 4.78 is 0.400. The van der Waals surface area contributed by atoms with Gasteiger partial charge in [0.1, 0.15) is 17.5 Å². The molecule has 0 amide bonds. The van der Waals surface area contributed by atoms with Gasteiger partial charge in [-0.25, -0.2) is 9.97 Å². The van der Waals surface area contributed by atoms with Gasteiger partial charge in [0.25, 0.3) is 0 Å². The first-order chi connectivity index (χ1) is 10.2. The summed E-state index contributed by atoms with van der Waals surface area (Å²) in [5, 5.41) is 6.85. The predicted octanol–water partition coefficient (Wildman–Crippen LogP) is 3.79. The van der Waals surface area contributed by atoms with E-state index < -0.39 is 0 Å². The molecule has 0 bridgehead atoms. The Balaban J connectivity index is 1.79. The zero-order valence-electron chi connectivity index (χ0n) is 13.3. The smallest absolute Gasteiger partial charge is 0.136 e. The predicted molar refractivity (Wildman–Crippen MR) is 91.5 cm³/mol. The van der Waals surface area contributed by atoms with E-state index in [2.05, 4.69) is 28.8 Å². The minimum Gasteiger partial charge on any atom is -0.373 e. The van der Waals surface area contributed by atoms with Crippen molar-refractivity contribution in [3.8, 4) is 0 Å². The molecule has 1 aromatic heterocycles. The Hall–Kier alpha value is -0.970. The molecule has 3 rings (SSSR count). The highest BCUT2D eigenvalue weighted by Gasteiger charge is 2.33. The van der Waals surface area contributed by atoms with E-state index in [0.717, 1.165) is 29.6 Å². The number of rotatable bonds is 6. The summed E-state index contributed by atoms with van der Waals surface area (Å²) in [6.45, 7) is 3.12. The number of hydrogen-bond acceptors (Lipinski definition) is 5. The molecule has 0 atom stereocenters. The van der Waals surface area contributed by atoms with Crippen molar-refractivity contribution in [2.24, 2.45) is 0 Å². The Morgan fingerprint density at radius 3 is 2.43 bits per heavy atom. The number of nitrogens with one attached hydrogen (secondary N) is 2. The quantitative estimate of drug-likeness (QED) is 0.837. The van der Waals surface area contributed by atoms with Crippen molar-refractivity contribution in [1.29, 1.82) is 0 Å². The lowest BCUT2D eigenvalue weighted by Crippen LogP contribution is -2.30. The topological polar surface area (TPSA) is 49.8 Å². The summed E-state index contributed by atoms with van der Waals surface area (Å²) in [5.74, 6) is 3.59. The molecule has 2 N–H and O–H groups in total. The van der Waals surface area contributed by atoms with E-state index in [4.69, 9.17) is 4.98 Å². The molecule has 1 heterocycles. The van der Waals surface area contributed by atoms with E-state index in [-0.39, 0.29) is 0 Å². The zero-order valence-corrected chi connectivity index (χ0v) is 14.1. The van der Waals surface area contributed by atoms with Crippen LogP contribution in [0.3, 0.4) is 0 Å². The lowest BCUT2D eigenvalue weighted by molar-refractivity contribution is 0.638. The lowest BCUT2D eigenvalue weighted by Gasteiger charge is -2.27. The van der Waals surface area contributed by atoms with E-state index in [1.165, 1.54) is 38.5 Å². The summed E-state index contributed by atoms with van der Waals surface area (Å²) >= 11 is 2.02. The number of nitrogens with zero attached hydrogens (tertiary/aromatic N) is 2. The number of anilines is 2. The maximum Gasteiger partial charge on any atom is 0.136 e. The molecule has 2 aliphatic carbocycles. The van der Waals surface area contributed by atoms with Crippen LogP contribution >= 0.6 is 11.8 Å². The van der Waals surface area contributed by atoms with Crippen LogP contribution in [0.15, 0.2) is 0 Å². The fraction of sp³-hybridized carbons (Fsp3) is 0.750. The number of aromatic nitrogens is 2. The SMILES string of the molecule is CNc1nc(C2CC2)nc(NCC2(SC)CCCC2)c1C. The Morgan fingerprint density at radius 1 is 1.19 bits per heavy atom. The molecular formula is C16H26N4S. The monoisotopic (exact) mass is 306 g/mol. The van der Waals surface area contributed by atoms with E-state index in [9.17, 15) is 0 Å². The van der Waals surface area contributed by atoms with Crippen molar-refractivity contribution < 1.29 is 0 Å². The van der Waals surface area contributed by atoms with Gasteiger partial charge in [0.2, 0.25) is 0 Å². The first kappa shape index (κ1) is 14.9. The molecule has 21 heavy (non-hydrogen) atoms. The highest BCUT2D eigenvalue weighted by Crippen LogP contribution is 2.41. The van der Waals surface area contributed by atoms with E-state index in [1.54, 1.807) is 0 Å². The summed E-state index contributed by atoms with van der Waals surface area (Å²) in [4.78, 5) is 9.46. The van der Waals surface area contributed by atoms with Crippen LogP contribution in [0.25, 0.3) is 0 Å². The first-order valence-electron chi connectivity index (χ1n) is 8.03. The Morgan fingerprint density at radius 2 is 1.86 bits per heavy atom. The normalized spacial score (nSPS) is 20.5. The van der Waals surface area contributed by atoms with Gasteiger partial charge in [-0.1, -0.05) is 12.8 Å². The van der Waals surface area contributed by atoms with Crippen LogP contribution in [0.1, 0.15) is 55.8 Å². The molecule has 0 saturated heterocycles. The molecule has 0 aromatic carbocycles. The van der Waals surface area contributed by atoms with Gasteiger partial charge >= 0.3 is 0 Å². The Labute approximate surface area is 131 Å². The van der Waals surface area contributed by atoms with Gasteiger partial charge in [-0.3, -0.25) is 0 Å². The Kier molecular flexibility index (Phi) is 4.29. The van der Waals surface area contributed by atoms with Gasteiger partial charge in [0.05, 0.1) is 0 Å². The summed E-state index contributed by atoms with van der Waals surface area (Å²) in [7, 11) is 1.94. The average Bonchev–Trinajstić information content (AvgIpc) is 3.25. The third kappa shape index (κ3) is 3.12.